The summed E-state index contributed by atoms with van der Waals surface area (Å²) in [5, 5.41) is -0.0836. The Morgan fingerprint density at radius 2 is 0.868 bits per heavy atom. The van der Waals surface area contributed by atoms with Gasteiger partial charge in [-0.05, 0) is 88.1 Å². The van der Waals surface area contributed by atoms with E-state index in [2.05, 4.69) is 0 Å². The van der Waals surface area contributed by atoms with Gasteiger partial charge in [-0.25, -0.2) is 0 Å². The molecule has 0 atom stereocenters. The van der Waals surface area contributed by atoms with E-state index in [4.69, 9.17) is 19.5 Å². The van der Waals surface area contributed by atoms with Gasteiger partial charge in [-0.15, -0.1) is 0 Å². The molecule has 0 N–H and O–H groups in total. The highest BCUT2D eigenvalue weighted by Gasteiger charge is 2.21. The van der Waals surface area contributed by atoms with Gasteiger partial charge in [0.05, 0.1) is 26.0 Å². The lowest BCUT2D eigenvalue weighted by atomic mass is 9.83. The number of hydrogen-bond donors (Lipinski definition) is 0. The van der Waals surface area contributed by atoms with Crippen LogP contribution in [-0.4, -0.2) is 0 Å². The van der Waals surface area contributed by atoms with Gasteiger partial charge in [-0.3, -0.25) is 0 Å². The predicted molar refractivity (Wildman–Crippen MR) is 225 cm³/mol. The van der Waals surface area contributed by atoms with E-state index in [9.17, 15) is 11.0 Å². The van der Waals surface area contributed by atoms with Crippen LogP contribution in [0, 0.1) is 0 Å². The van der Waals surface area contributed by atoms with Crippen LogP contribution in [0.1, 0.15) is 26.0 Å². The SMILES string of the molecule is [2H]c1c([2H])c([2H])c(-c2c3c([2H])c([2H])c([2H])c([2H])c3c(-c3c([2H])c([2H])c(-c4cccc5oc6c(-c7cccc8ccccc78)cccc6c45)c4c([2H])c([2H])c([2H])c([2H])c34)c3c([2H])c([2H])c([2H])c([2H])c23)c([2H])c1[2H]. The van der Waals surface area contributed by atoms with Crippen molar-refractivity contribution >= 4 is 65.0 Å². The van der Waals surface area contributed by atoms with Crippen LogP contribution in [0.5, 0.6) is 0 Å². The average Bonchev–Trinajstić information content (AvgIpc) is 3.78. The largest absolute Gasteiger partial charge is 0.455 e. The normalized spacial score (nSPS) is 16.8. The number of furan rings is 1. The Hall–Kier alpha value is -6.96. The van der Waals surface area contributed by atoms with Crippen molar-refractivity contribution in [1.82, 2.24) is 0 Å². The summed E-state index contributed by atoms with van der Waals surface area (Å²) < 4.78 is 181. The molecule has 0 aliphatic heterocycles. The van der Waals surface area contributed by atoms with Crippen molar-refractivity contribution in [2.45, 2.75) is 0 Å². The van der Waals surface area contributed by atoms with E-state index in [0.29, 0.717) is 21.9 Å². The van der Waals surface area contributed by atoms with Crippen molar-refractivity contribution in [3.05, 3.63) is 194 Å². The molecule has 11 aromatic rings. The standard InChI is InChI=1S/C52H32O/c1-2-16-34(17-3-1)49-41-22-8-10-24-43(41)50(44-25-11-9-23-42(44)49)45-32-31-39(37-20-6-7-21-38(37)45)40-27-14-30-48-51(40)47-29-13-28-46(52(47)53-48)36-26-12-18-33-15-4-5-19-35(33)36/h1-32H/i1D,2D,3D,6D,7D,8D,9D,10D,11D,16D,17D,20D,21D,22D,23D,24D,25D,31D,32D. The van der Waals surface area contributed by atoms with Crippen LogP contribution in [0.25, 0.3) is 110 Å². The van der Waals surface area contributed by atoms with Gasteiger partial charge < -0.3 is 4.42 Å². The zero-order valence-corrected chi connectivity index (χ0v) is 27.4. The van der Waals surface area contributed by atoms with E-state index in [1.807, 2.05) is 60.7 Å². The molecule has 0 aliphatic carbocycles. The smallest absolute Gasteiger partial charge is 0.143 e. The fourth-order valence-electron chi connectivity index (χ4n) is 7.56. The van der Waals surface area contributed by atoms with Gasteiger partial charge in [0.25, 0.3) is 0 Å². The van der Waals surface area contributed by atoms with Crippen molar-refractivity contribution in [3.8, 4) is 44.5 Å². The van der Waals surface area contributed by atoms with E-state index in [1.54, 1.807) is 18.2 Å². The molecule has 1 aromatic heterocycles. The van der Waals surface area contributed by atoms with E-state index in [1.165, 1.54) is 0 Å². The molecule has 53 heavy (non-hydrogen) atoms. The second-order valence-electron chi connectivity index (χ2n) is 12.5. The summed E-state index contributed by atoms with van der Waals surface area (Å²) >= 11 is 0. The van der Waals surface area contributed by atoms with Crippen LogP contribution >= 0.6 is 0 Å². The minimum absolute atomic E-state index is 0.136. The summed E-state index contributed by atoms with van der Waals surface area (Å²) in [4.78, 5) is 0. The molecule has 1 heterocycles. The summed E-state index contributed by atoms with van der Waals surface area (Å²) in [5.41, 5.74) is 0.194. The molecule has 0 amide bonds. The van der Waals surface area contributed by atoms with Crippen LogP contribution in [0.4, 0.5) is 0 Å². The minimum atomic E-state index is -0.872. The molecule has 0 fully saturated rings. The van der Waals surface area contributed by atoms with E-state index < -0.39 is 164 Å². The highest BCUT2D eigenvalue weighted by molar-refractivity contribution is 6.25. The van der Waals surface area contributed by atoms with Gasteiger partial charge in [0.15, 0.2) is 0 Å². The van der Waals surface area contributed by atoms with Crippen LogP contribution in [0.15, 0.2) is 198 Å². The highest BCUT2D eigenvalue weighted by Crippen LogP contribution is 2.48. The van der Waals surface area contributed by atoms with Gasteiger partial charge in [0, 0.05) is 16.3 Å². The first kappa shape index (κ1) is 16.6. The van der Waals surface area contributed by atoms with Crippen LogP contribution in [-0.2, 0) is 0 Å². The Morgan fingerprint density at radius 1 is 0.340 bits per heavy atom. The summed E-state index contributed by atoms with van der Waals surface area (Å²) in [6, 6.07) is 8.78. The van der Waals surface area contributed by atoms with E-state index in [0.717, 1.165) is 21.9 Å². The number of para-hydroxylation sites is 1. The summed E-state index contributed by atoms with van der Waals surface area (Å²) in [6.07, 6.45) is 0. The maximum absolute atomic E-state index is 10.0. The Bertz CT molecular complexity index is 4220. The number of fused-ring (bicyclic) bond motifs is 7. The first-order chi connectivity index (χ1) is 34.2. The lowest BCUT2D eigenvalue weighted by Crippen LogP contribution is -1.92. The maximum atomic E-state index is 10.0. The molecule has 0 spiro atoms. The second-order valence-corrected chi connectivity index (χ2v) is 12.5. The summed E-state index contributed by atoms with van der Waals surface area (Å²) in [5.74, 6) is 0. The molecule has 0 saturated heterocycles. The maximum Gasteiger partial charge on any atom is 0.143 e. The lowest BCUT2D eigenvalue weighted by Gasteiger charge is -2.19. The Balaban J connectivity index is 1.37. The fraction of sp³-hybridized carbons (Fsp3) is 0. The van der Waals surface area contributed by atoms with Gasteiger partial charge in [-0.2, -0.15) is 0 Å². The van der Waals surface area contributed by atoms with Crippen molar-refractivity contribution < 1.29 is 30.5 Å². The molecule has 246 valence electrons. The highest BCUT2D eigenvalue weighted by atomic mass is 16.3. The van der Waals surface area contributed by atoms with Crippen molar-refractivity contribution in [3.63, 3.8) is 0 Å². The predicted octanol–water partition coefficient (Wildman–Crippen LogP) is 14.9. The molecule has 0 radical (unpaired) electrons. The van der Waals surface area contributed by atoms with E-state index >= 15 is 0 Å². The molecule has 0 bridgehead atoms. The fourth-order valence-corrected chi connectivity index (χ4v) is 7.56. The third kappa shape index (κ3) is 4.51. The molecule has 0 aliphatic rings. The Kier molecular flexibility index (Phi) is 3.69. The summed E-state index contributed by atoms with van der Waals surface area (Å²) in [6.45, 7) is 0. The molecule has 0 unspecified atom stereocenters. The molecular weight excluding hydrogens is 641 g/mol. The van der Waals surface area contributed by atoms with Gasteiger partial charge in [-0.1, -0.05) is 188 Å². The zero-order valence-electron chi connectivity index (χ0n) is 46.4. The Labute approximate surface area is 333 Å². The van der Waals surface area contributed by atoms with Crippen molar-refractivity contribution in [2.75, 3.05) is 0 Å². The zero-order chi connectivity index (χ0) is 51.4. The number of hydrogen-bond acceptors (Lipinski definition) is 1. The molecule has 11 rings (SSSR count). The van der Waals surface area contributed by atoms with Gasteiger partial charge in [0.2, 0.25) is 0 Å². The first-order valence-electron chi connectivity index (χ1n) is 26.2. The number of rotatable bonds is 4. The lowest BCUT2D eigenvalue weighted by molar-refractivity contribution is 0.670. The monoisotopic (exact) mass is 691 g/mol. The molecule has 1 nitrogen and oxygen atoms in total. The first-order valence-corrected chi connectivity index (χ1v) is 16.7. The molecule has 0 saturated carbocycles. The molecular formula is C52H32O. The summed E-state index contributed by atoms with van der Waals surface area (Å²) in [7, 11) is 0. The van der Waals surface area contributed by atoms with E-state index in [-0.39, 0.29) is 16.5 Å². The number of benzene rings is 10. The van der Waals surface area contributed by atoms with Crippen molar-refractivity contribution in [1.29, 1.82) is 0 Å². The van der Waals surface area contributed by atoms with Crippen LogP contribution in [0.3, 0.4) is 0 Å². The molecule has 10 aromatic carbocycles. The van der Waals surface area contributed by atoms with Crippen molar-refractivity contribution in [2.24, 2.45) is 0 Å². The second kappa shape index (κ2) is 11.8. The third-order valence-electron chi connectivity index (χ3n) is 9.75. The molecule has 1 heteroatoms. The third-order valence-corrected chi connectivity index (χ3v) is 9.75. The van der Waals surface area contributed by atoms with Gasteiger partial charge in [0.1, 0.15) is 11.2 Å². The van der Waals surface area contributed by atoms with Crippen LogP contribution < -0.4 is 0 Å². The Morgan fingerprint density at radius 3 is 1.62 bits per heavy atom. The average molecular weight is 692 g/mol. The quantitative estimate of drug-likeness (QED) is 0.167. The minimum Gasteiger partial charge on any atom is -0.455 e. The topological polar surface area (TPSA) is 13.1 Å². The van der Waals surface area contributed by atoms with Gasteiger partial charge >= 0.3 is 0 Å². The van der Waals surface area contributed by atoms with Crippen LogP contribution in [0.2, 0.25) is 0 Å².